The molecule has 1 amide bonds. The van der Waals surface area contributed by atoms with Crippen molar-refractivity contribution in [1.29, 1.82) is 0 Å². The first-order valence-corrected chi connectivity index (χ1v) is 5.89. The maximum absolute atomic E-state index is 12.7. The summed E-state index contributed by atoms with van der Waals surface area (Å²) in [7, 11) is 0. The number of carbonyl (C=O) groups is 1. The third kappa shape index (κ3) is 2.89. The summed E-state index contributed by atoms with van der Waals surface area (Å²) in [5.74, 6) is -4.22. The number of aryl methyl sites for hydroxylation is 2. The van der Waals surface area contributed by atoms with E-state index in [2.05, 4.69) is 15.3 Å². The number of amides is 1. The predicted octanol–water partition coefficient (Wildman–Crippen LogP) is 2.45. The number of alkyl halides is 2. The summed E-state index contributed by atoms with van der Waals surface area (Å²) in [6.45, 7) is 4.47. The van der Waals surface area contributed by atoms with Gasteiger partial charge in [-0.05, 0) is 37.1 Å². The second-order valence-electron chi connectivity index (χ2n) is 4.71. The van der Waals surface area contributed by atoms with Crippen LogP contribution in [0.25, 0.3) is 11.0 Å². The van der Waals surface area contributed by atoms with E-state index in [9.17, 15) is 13.6 Å². The summed E-state index contributed by atoms with van der Waals surface area (Å²) in [5.41, 5.74) is 3.81. The summed E-state index contributed by atoms with van der Waals surface area (Å²) in [4.78, 5) is 18.3. The van der Waals surface area contributed by atoms with Gasteiger partial charge < -0.3 is 10.3 Å². The molecular formula is C13H15F2N3O. The Bertz CT molecular complexity index is 590. The molecule has 1 aromatic carbocycles. The Balaban J connectivity index is 2.16. The Labute approximate surface area is 109 Å². The molecule has 0 fully saturated rings. The number of rotatable bonds is 3. The fourth-order valence-electron chi connectivity index (χ4n) is 1.73. The van der Waals surface area contributed by atoms with E-state index < -0.39 is 11.8 Å². The van der Waals surface area contributed by atoms with Gasteiger partial charge in [-0.3, -0.25) is 4.79 Å². The number of fused-ring (bicyclic) bond motifs is 1. The highest BCUT2D eigenvalue weighted by Gasteiger charge is 2.31. The maximum atomic E-state index is 12.7. The van der Waals surface area contributed by atoms with E-state index in [1.807, 2.05) is 26.0 Å². The summed E-state index contributed by atoms with van der Waals surface area (Å²) < 4.78 is 25.4. The van der Waals surface area contributed by atoms with Crippen LogP contribution in [-0.4, -0.2) is 21.8 Å². The standard InChI is InChI=1S/C13H15F2N3O/c1-7-4-9-10(5-8(7)2)18-11(17-9)6-16-12(19)13(3,14)15/h4-5H,6H2,1-3H3,(H,16,19)(H,17,18). The first-order chi connectivity index (χ1) is 8.77. The van der Waals surface area contributed by atoms with Crippen molar-refractivity contribution in [2.24, 2.45) is 0 Å². The van der Waals surface area contributed by atoms with Crippen molar-refractivity contribution in [1.82, 2.24) is 15.3 Å². The average Bonchev–Trinajstić information content (AvgIpc) is 2.67. The number of imidazole rings is 1. The topological polar surface area (TPSA) is 57.8 Å². The molecule has 0 spiro atoms. The second kappa shape index (κ2) is 4.60. The minimum absolute atomic E-state index is 0.0466. The van der Waals surface area contributed by atoms with Crippen LogP contribution in [0, 0.1) is 13.8 Å². The highest BCUT2D eigenvalue weighted by atomic mass is 19.3. The van der Waals surface area contributed by atoms with Gasteiger partial charge in [-0.25, -0.2) is 4.98 Å². The van der Waals surface area contributed by atoms with Gasteiger partial charge in [-0.2, -0.15) is 8.78 Å². The van der Waals surface area contributed by atoms with Crippen LogP contribution in [0.4, 0.5) is 8.78 Å². The number of nitrogens with one attached hydrogen (secondary N) is 2. The first-order valence-electron chi connectivity index (χ1n) is 5.89. The number of H-pyrrole nitrogens is 1. The zero-order valence-electron chi connectivity index (χ0n) is 11.0. The third-order valence-corrected chi connectivity index (χ3v) is 2.96. The summed E-state index contributed by atoms with van der Waals surface area (Å²) in [6, 6.07) is 3.86. The van der Waals surface area contributed by atoms with Gasteiger partial charge >= 0.3 is 5.92 Å². The number of halogens is 2. The molecule has 1 heterocycles. The number of benzene rings is 1. The minimum Gasteiger partial charge on any atom is -0.344 e. The molecule has 2 aromatic rings. The number of aromatic amines is 1. The number of hydrogen-bond acceptors (Lipinski definition) is 2. The lowest BCUT2D eigenvalue weighted by molar-refractivity contribution is -0.143. The predicted molar refractivity (Wildman–Crippen MR) is 68.0 cm³/mol. The summed E-state index contributed by atoms with van der Waals surface area (Å²) in [6.07, 6.45) is 0. The quantitative estimate of drug-likeness (QED) is 0.897. The van der Waals surface area contributed by atoms with Crippen molar-refractivity contribution >= 4 is 16.9 Å². The van der Waals surface area contributed by atoms with E-state index in [-0.39, 0.29) is 6.54 Å². The molecule has 0 bridgehead atoms. The average molecular weight is 267 g/mol. The van der Waals surface area contributed by atoms with Crippen LogP contribution in [-0.2, 0) is 11.3 Å². The van der Waals surface area contributed by atoms with E-state index in [0.717, 1.165) is 22.2 Å². The summed E-state index contributed by atoms with van der Waals surface area (Å²) in [5, 5.41) is 2.15. The minimum atomic E-state index is -3.38. The molecule has 0 aliphatic rings. The van der Waals surface area contributed by atoms with Crippen molar-refractivity contribution in [3.8, 4) is 0 Å². The van der Waals surface area contributed by atoms with Crippen molar-refractivity contribution < 1.29 is 13.6 Å². The first kappa shape index (κ1) is 13.5. The molecule has 2 rings (SSSR count). The molecular weight excluding hydrogens is 252 g/mol. The van der Waals surface area contributed by atoms with Crippen molar-refractivity contribution in [2.75, 3.05) is 0 Å². The lowest BCUT2D eigenvalue weighted by Crippen LogP contribution is -2.37. The molecule has 6 heteroatoms. The van der Waals surface area contributed by atoms with Crippen LogP contribution in [0.1, 0.15) is 23.9 Å². The Morgan fingerprint density at radius 3 is 2.63 bits per heavy atom. The molecule has 0 saturated heterocycles. The van der Waals surface area contributed by atoms with Gasteiger partial charge in [0.15, 0.2) is 0 Å². The van der Waals surface area contributed by atoms with Crippen LogP contribution in [0.5, 0.6) is 0 Å². The Morgan fingerprint density at radius 2 is 2.00 bits per heavy atom. The molecule has 4 nitrogen and oxygen atoms in total. The number of nitrogens with zero attached hydrogens (tertiary/aromatic N) is 1. The Kier molecular flexibility index (Phi) is 3.26. The van der Waals surface area contributed by atoms with Crippen LogP contribution in [0.2, 0.25) is 0 Å². The monoisotopic (exact) mass is 267 g/mol. The van der Waals surface area contributed by atoms with Crippen LogP contribution >= 0.6 is 0 Å². The molecule has 0 saturated carbocycles. The summed E-state index contributed by atoms with van der Waals surface area (Å²) >= 11 is 0. The van der Waals surface area contributed by atoms with Gasteiger partial charge in [0, 0.05) is 6.92 Å². The van der Waals surface area contributed by atoms with Gasteiger partial charge in [0.2, 0.25) is 0 Å². The lowest BCUT2D eigenvalue weighted by atomic mass is 10.1. The zero-order valence-corrected chi connectivity index (χ0v) is 11.0. The lowest BCUT2D eigenvalue weighted by Gasteiger charge is -2.09. The van der Waals surface area contributed by atoms with E-state index in [0.29, 0.717) is 12.7 Å². The molecule has 0 atom stereocenters. The van der Waals surface area contributed by atoms with Gasteiger partial charge in [-0.1, -0.05) is 0 Å². The van der Waals surface area contributed by atoms with E-state index in [1.165, 1.54) is 0 Å². The number of hydrogen-bond donors (Lipinski definition) is 2. The van der Waals surface area contributed by atoms with Crippen molar-refractivity contribution in [3.63, 3.8) is 0 Å². The van der Waals surface area contributed by atoms with Crippen LogP contribution < -0.4 is 5.32 Å². The van der Waals surface area contributed by atoms with Crippen molar-refractivity contribution in [3.05, 3.63) is 29.1 Å². The Hall–Kier alpha value is -1.98. The molecule has 1 aromatic heterocycles. The van der Waals surface area contributed by atoms with Gasteiger partial charge in [-0.15, -0.1) is 0 Å². The molecule has 0 aliphatic heterocycles. The molecule has 19 heavy (non-hydrogen) atoms. The largest absolute Gasteiger partial charge is 0.344 e. The van der Waals surface area contributed by atoms with Gasteiger partial charge in [0.25, 0.3) is 5.91 Å². The number of aromatic nitrogens is 2. The highest BCUT2D eigenvalue weighted by molar-refractivity contribution is 5.83. The molecule has 0 aliphatic carbocycles. The van der Waals surface area contributed by atoms with Crippen LogP contribution in [0.3, 0.4) is 0 Å². The molecule has 0 unspecified atom stereocenters. The SMILES string of the molecule is Cc1cc2nc(CNC(=O)C(C)(F)F)[nH]c2cc1C. The smallest absolute Gasteiger partial charge is 0.321 e. The fourth-order valence-corrected chi connectivity index (χ4v) is 1.73. The molecule has 2 N–H and O–H groups in total. The van der Waals surface area contributed by atoms with E-state index in [1.54, 1.807) is 0 Å². The Morgan fingerprint density at radius 1 is 1.37 bits per heavy atom. The molecule has 102 valence electrons. The zero-order chi connectivity index (χ0) is 14.2. The van der Waals surface area contributed by atoms with E-state index >= 15 is 0 Å². The van der Waals surface area contributed by atoms with Crippen molar-refractivity contribution in [2.45, 2.75) is 33.2 Å². The number of carbonyl (C=O) groups excluding carboxylic acids is 1. The normalized spacial score (nSPS) is 11.8. The highest BCUT2D eigenvalue weighted by Crippen LogP contribution is 2.17. The second-order valence-corrected chi connectivity index (χ2v) is 4.71. The fraction of sp³-hybridized carbons (Fsp3) is 0.385. The van der Waals surface area contributed by atoms with Gasteiger partial charge in [0.05, 0.1) is 17.6 Å². The molecule has 0 radical (unpaired) electrons. The van der Waals surface area contributed by atoms with E-state index in [4.69, 9.17) is 0 Å². The third-order valence-electron chi connectivity index (χ3n) is 2.96. The maximum Gasteiger partial charge on any atom is 0.321 e. The van der Waals surface area contributed by atoms with Crippen LogP contribution in [0.15, 0.2) is 12.1 Å². The van der Waals surface area contributed by atoms with Gasteiger partial charge in [0.1, 0.15) is 5.82 Å².